The van der Waals surface area contributed by atoms with Crippen molar-refractivity contribution in [2.45, 2.75) is 45.6 Å². The van der Waals surface area contributed by atoms with Gasteiger partial charge in [0.1, 0.15) is 29.4 Å². The summed E-state index contributed by atoms with van der Waals surface area (Å²) in [6, 6.07) is 6.38. The first kappa shape index (κ1) is 30.0. The van der Waals surface area contributed by atoms with E-state index in [1.54, 1.807) is 25.1 Å². The Morgan fingerprint density at radius 1 is 1.38 bits per heavy atom. The maximum atomic E-state index is 13.9. The lowest BCUT2D eigenvalue weighted by Crippen LogP contribution is -2.36. The van der Waals surface area contributed by atoms with Crippen LogP contribution in [0.1, 0.15) is 43.8 Å². The number of nitrogens with two attached hydrogens (primary N) is 1. The van der Waals surface area contributed by atoms with Gasteiger partial charge in [-0.15, -0.1) is 6.58 Å². The third-order valence-corrected chi connectivity index (χ3v) is 7.69. The summed E-state index contributed by atoms with van der Waals surface area (Å²) in [5.41, 5.74) is 4.29. The molecule has 5 atom stereocenters. The summed E-state index contributed by atoms with van der Waals surface area (Å²) < 4.78 is 42.5. The van der Waals surface area contributed by atoms with Gasteiger partial charge < -0.3 is 24.5 Å². The molecule has 1 saturated heterocycles. The standard InChI is InChI=1S/C25H33N4O9P/c1-6-25(4)14-17(37-23(25)29-13-12-20(26)27-24(29)32)15-36-39(33,28-16(3)21(30)35-7-2)38-19-11-9-8-10-18(19)22(31)34-5/h6,8-13,16-17,23H,1,7,14-15H2,2-5H3,(H,28,33)(H2,26,27,32)/t16?,17?,23?,25-,39?/m1/s1. The fourth-order valence-electron chi connectivity index (χ4n) is 4.03. The lowest BCUT2D eigenvalue weighted by molar-refractivity contribution is -0.144. The smallest absolute Gasteiger partial charge is 0.459 e. The van der Waals surface area contributed by atoms with Crippen LogP contribution in [0.3, 0.4) is 0 Å². The van der Waals surface area contributed by atoms with Gasteiger partial charge in [0, 0.05) is 11.6 Å². The highest BCUT2D eigenvalue weighted by Gasteiger charge is 2.46. The quantitative estimate of drug-likeness (QED) is 0.220. The molecule has 0 aliphatic carbocycles. The molecule has 1 aliphatic heterocycles. The molecule has 0 saturated carbocycles. The van der Waals surface area contributed by atoms with Crippen molar-refractivity contribution >= 4 is 25.5 Å². The zero-order valence-corrected chi connectivity index (χ0v) is 23.1. The summed E-state index contributed by atoms with van der Waals surface area (Å²) in [4.78, 5) is 40.7. The van der Waals surface area contributed by atoms with E-state index in [2.05, 4.69) is 16.7 Å². The van der Waals surface area contributed by atoms with E-state index in [0.717, 1.165) is 0 Å². The third kappa shape index (κ3) is 7.12. The molecule has 1 aromatic carbocycles. The Hall–Kier alpha value is -3.51. The van der Waals surface area contributed by atoms with Crippen molar-refractivity contribution in [2.75, 3.05) is 26.1 Å². The SMILES string of the molecule is C=C[C@]1(C)CC(COP(=O)(NC(C)C(=O)OCC)Oc2ccccc2C(=O)OC)OC1n1ccc(N)nc1=O. The Balaban J connectivity index is 1.86. The molecule has 1 aromatic heterocycles. The fraction of sp³-hybridized carbons (Fsp3) is 0.440. The van der Waals surface area contributed by atoms with E-state index in [9.17, 15) is 18.9 Å². The molecule has 13 nitrogen and oxygen atoms in total. The van der Waals surface area contributed by atoms with Crippen LogP contribution in [0.2, 0.25) is 0 Å². The average molecular weight is 565 g/mol. The number of nitrogen functional groups attached to an aromatic ring is 1. The fourth-order valence-corrected chi connectivity index (χ4v) is 5.57. The maximum Gasteiger partial charge on any atom is 0.459 e. The number of hydrogen-bond donors (Lipinski definition) is 2. The van der Waals surface area contributed by atoms with Gasteiger partial charge in [0.25, 0.3) is 0 Å². The highest BCUT2D eigenvalue weighted by molar-refractivity contribution is 7.52. The number of carbonyl (C=O) groups excluding carboxylic acids is 2. The number of para-hydroxylation sites is 1. The van der Waals surface area contributed by atoms with Crippen LogP contribution in [-0.4, -0.2) is 54.0 Å². The zero-order chi connectivity index (χ0) is 28.8. The minimum Gasteiger partial charge on any atom is -0.465 e. The topological polar surface area (TPSA) is 170 Å². The number of ether oxygens (including phenoxy) is 3. The number of carbonyl (C=O) groups is 2. The van der Waals surface area contributed by atoms with Crippen LogP contribution in [0.25, 0.3) is 0 Å². The van der Waals surface area contributed by atoms with Crippen LogP contribution in [0.5, 0.6) is 5.75 Å². The van der Waals surface area contributed by atoms with Crippen molar-refractivity contribution in [3.05, 3.63) is 65.2 Å². The largest absolute Gasteiger partial charge is 0.465 e. The summed E-state index contributed by atoms with van der Waals surface area (Å²) in [7, 11) is -3.13. The average Bonchev–Trinajstić information content (AvgIpc) is 3.24. The van der Waals surface area contributed by atoms with Gasteiger partial charge in [-0.2, -0.15) is 10.1 Å². The number of hydrogen-bond acceptors (Lipinski definition) is 11. The van der Waals surface area contributed by atoms with Crippen LogP contribution >= 0.6 is 7.75 Å². The van der Waals surface area contributed by atoms with Gasteiger partial charge in [0.05, 0.1) is 26.4 Å². The molecule has 14 heteroatoms. The van der Waals surface area contributed by atoms with E-state index in [1.807, 2.05) is 6.92 Å². The van der Waals surface area contributed by atoms with Gasteiger partial charge in [-0.3, -0.25) is 13.9 Å². The first-order chi connectivity index (χ1) is 18.4. The Kier molecular flexibility index (Phi) is 9.68. The van der Waals surface area contributed by atoms with Crippen LogP contribution in [0.4, 0.5) is 5.82 Å². The third-order valence-electron chi connectivity index (χ3n) is 6.06. The number of benzene rings is 1. The van der Waals surface area contributed by atoms with Crippen molar-refractivity contribution in [2.24, 2.45) is 5.41 Å². The molecular formula is C25H33N4O9P. The summed E-state index contributed by atoms with van der Waals surface area (Å²) in [5.74, 6) is -1.42. The van der Waals surface area contributed by atoms with Crippen LogP contribution in [0.15, 0.2) is 54.0 Å². The Labute approximate surface area is 225 Å². The van der Waals surface area contributed by atoms with Gasteiger partial charge in [0.2, 0.25) is 0 Å². The molecule has 3 N–H and O–H groups in total. The number of methoxy groups -OCH3 is 1. The van der Waals surface area contributed by atoms with E-state index in [0.29, 0.717) is 6.42 Å². The van der Waals surface area contributed by atoms with Gasteiger partial charge >= 0.3 is 25.4 Å². The minimum atomic E-state index is -4.32. The van der Waals surface area contributed by atoms with E-state index < -0.39 is 49.2 Å². The van der Waals surface area contributed by atoms with E-state index >= 15 is 0 Å². The zero-order valence-electron chi connectivity index (χ0n) is 22.2. The first-order valence-electron chi connectivity index (χ1n) is 12.1. The molecule has 212 valence electrons. The molecule has 3 rings (SSSR count). The van der Waals surface area contributed by atoms with E-state index in [1.165, 1.54) is 43.0 Å². The van der Waals surface area contributed by atoms with Crippen molar-refractivity contribution < 1.29 is 37.4 Å². The molecule has 0 spiro atoms. The number of aromatic nitrogens is 2. The second-order valence-corrected chi connectivity index (χ2v) is 10.7. The second-order valence-electron chi connectivity index (χ2n) is 9.04. The molecule has 1 fully saturated rings. The maximum absolute atomic E-state index is 13.9. The molecule has 0 amide bonds. The van der Waals surface area contributed by atoms with E-state index in [-0.39, 0.29) is 30.3 Å². The Morgan fingerprint density at radius 3 is 2.74 bits per heavy atom. The molecule has 2 aromatic rings. The number of nitrogens with zero attached hydrogens (tertiary/aromatic N) is 2. The van der Waals surface area contributed by atoms with E-state index in [4.69, 9.17) is 29.0 Å². The van der Waals surface area contributed by atoms with Crippen molar-refractivity contribution in [3.8, 4) is 5.75 Å². The molecule has 0 radical (unpaired) electrons. The lowest BCUT2D eigenvalue weighted by Gasteiger charge is -2.27. The van der Waals surface area contributed by atoms with Gasteiger partial charge in [-0.1, -0.05) is 25.1 Å². The van der Waals surface area contributed by atoms with Crippen LogP contribution in [0, 0.1) is 5.41 Å². The molecule has 39 heavy (non-hydrogen) atoms. The van der Waals surface area contributed by atoms with Crippen LogP contribution < -0.4 is 21.0 Å². The molecule has 1 aliphatic rings. The Morgan fingerprint density at radius 2 is 2.10 bits per heavy atom. The van der Waals surface area contributed by atoms with Gasteiger partial charge in [-0.05, 0) is 38.5 Å². The van der Waals surface area contributed by atoms with Gasteiger partial charge in [0.15, 0.2) is 0 Å². The molecule has 4 unspecified atom stereocenters. The number of nitrogens with one attached hydrogen (secondary N) is 1. The van der Waals surface area contributed by atoms with Crippen LogP contribution in [-0.2, 0) is 28.1 Å². The Bertz CT molecular complexity index is 1320. The first-order valence-corrected chi connectivity index (χ1v) is 13.7. The summed E-state index contributed by atoms with van der Waals surface area (Å²) >= 11 is 0. The monoisotopic (exact) mass is 564 g/mol. The highest BCUT2D eigenvalue weighted by atomic mass is 31.2. The van der Waals surface area contributed by atoms with Crippen molar-refractivity contribution in [1.82, 2.24) is 14.6 Å². The number of rotatable bonds is 12. The molecule has 0 bridgehead atoms. The van der Waals surface area contributed by atoms with Crippen molar-refractivity contribution in [1.29, 1.82) is 0 Å². The lowest BCUT2D eigenvalue weighted by atomic mass is 9.85. The molecule has 2 heterocycles. The second kappa shape index (κ2) is 12.6. The summed E-state index contributed by atoms with van der Waals surface area (Å²) in [6.07, 6.45) is 2.00. The summed E-state index contributed by atoms with van der Waals surface area (Å²) in [6.45, 7) is 8.63. The predicted molar refractivity (Wildman–Crippen MR) is 141 cm³/mol. The normalized spacial score (nSPS) is 22.9. The number of esters is 2. The van der Waals surface area contributed by atoms with Crippen molar-refractivity contribution in [3.63, 3.8) is 0 Å². The van der Waals surface area contributed by atoms with Gasteiger partial charge in [-0.25, -0.2) is 14.2 Å². The highest BCUT2D eigenvalue weighted by Crippen LogP contribution is 2.49. The summed E-state index contributed by atoms with van der Waals surface area (Å²) in [5, 5.41) is 2.56. The molecular weight excluding hydrogens is 531 g/mol. The minimum absolute atomic E-state index is 0.000974. The predicted octanol–water partition coefficient (Wildman–Crippen LogP) is 2.84. The number of anilines is 1.